The number of carbonyl (C=O) groups excluding carboxylic acids is 2. The van der Waals surface area contributed by atoms with Crippen LogP contribution in [0.4, 0.5) is 0 Å². The lowest BCUT2D eigenvalue weighted by atomic mass is 9.82. The maximum Gasteiger partial charge on any atom is 0.338 e. The molecular formula is C34H42O14. The summed E-state index contributed by atoms with van der Waals surface area (Å²) in [6.45, 7) is 6.02. The average molecular weight is 675 g/mol. The van der Waals surface area contributed by atoms with E-state index in [9.17, 15) is 19.8 Å². The zero-order valence-corrected chi connectivity index (χ0v) is 27.5. The van der Waals surface area contributed by atoms with E-state index in [1.807, 2.05) is 0 Å². The molecule has 14 nitrogen and oxygen atoms in total. The molecule has 4 aliphatic heterocycles. The summed E-state index contributed by atoms with van der Waals surface area (Å²) < 4.78 is 60.3. The van der Waals surface area contributed by atoms with Crippen LogP contribution < -0.4 is 0 Å². The van der Waals surface area contributed by atoms with Crippen molar-refractivity contribution in [3.05, 3.63) is 71.8 Å². The van der Waals surface area contributed by atoms with Gasteiger partial charge in [0.15, 0.2) is 36.4 Å². The Kier molecular flexibility index (Phi) is 9.69. The largest absolute Gasteiger partial charge is 0.450 e. The number of hydrogen-bond donors (Lipinski definition) is 2. The van der Waals surface area contributed by atoms with Crippen molar-refractivity contribution in [2.45, 2.75) is 106 Å². The molecule has 2 N–H and O–H groups in total. The van der Waals surface area contributed by atoms with Gasteiger partial charge < -0.3 is 57.6 Å². The number of aliphatic hydroxyl groups excluding tert-OH is 1. The van der Waals surface area contributed by atoms with E-state index in [2.05, 4.69) is 0 Å². The van der Waals surface area contributed by atoms with Crippen molar-refractivity contribution < 1.29 is 67.2 Å². The van der Waals surface area contributed by atoms with Crippen molar-refractivity contribution in [3.8, 4) is 0 Å². The van der Waals surface area contributed by atoms with Gasteiger partial charge in [0.25, 0.3) is 0 Å². The first kappa shape index (κ1) is 34.8. The molecule has 48 heavy (non-hydrogen) atoms. The summed E-state index contributed by atoms with van der Waals surface area (Å²) in [5.74, 6) is -3.90. The van der Waals surface area contributed by atoms with E-state index in [-0.39, 0.29) is 11.1 Å². The van der Waals surface area contributed by atoms with Crippen LogP contribution in [0.1, 0.15) is 48.4 Å². The Bertz CT molecular complexity index is 1440. The third-order valence-electron chi connectivity index (χ3n) is 8.84. The Hall–Kier alpha value is -3.02. The molecule has 0 aromatic heterocycles. The SMILES string of the molecule is CO[C@@H]1O[C@H]([C@]2(O)CO[C@@H](OC)[C@H](OC(=O)c3ccccc3)[C@H]3OC(C)(C)O[C@@H]32)[C@H](O)[C@H]2OC(C)(C)O[C@@H]2[C@H]1OC(=O)c1ccccc1. The number of fused-ring (bicyclic) bond motifs is 2. The van der Waals surface area contributed by atoms with Crippen LogP contribution in [0.25, 0.3) is 0 Å². The number of rotatable bonds is 7. The van der Waals surface area contributed by atoms with Gasteiger partial charge in [-0.15, -0.1) is 0 Å². The van der Waals surface area contributed by atoms with E-state index in [0.717, 1.165) is 0 Å². The van der Waals surface area contributed by atoms with Crippen LogP contribution in [-0.2, 0) is 47.4 Å². The Morgan fingerprint density at radius 1 is 0.688 bits per heavy atom. The highest BCUT2D eigenvalue weighted by molar-refractivity contribution is 5.90. The quantitative estimate of drug-likeness (QED) is 0.409. The molecule has 4 fully saturated rings. The Morgan fingerprint density at radius 3 is 1.71 bits per heavy atom. The minimum atomic E-state index is -2.22. The first-order valence-electron chi connectivity index (χ1n) is 15.7. The Labute approximate surface area is 278 Å². The molecular weight excluding hydrogens is 632 g/mol. The molecule has 2 aromatic rings. The molecule has 11 atom stereocenters. The number of esters is 2. The van der Waals surface area contributed by atoms with E-state index < -0.39 is 97.1 Å². The lowest BCUT2D eigenvalue weighted by molar-refractivity contribution is -0.297. The molecule has 262 valence electrons. The maximum absolute atomic E-state index is 13.3. The topological polar surface area (TPSA) is 167 Å². The van der Waals surface area contributed by atoms with Crippen molar-refractivity contribution in [3.63, 3.8) is 0 Å². The van der Waals surface area contributed by atoms with Gasteiger partial charge >= 0.3 is 11.9 Å². The fraction of sp³-hybridized carbons (Fsp3) is 0.588. The van der Waals surface area contributed by atoms with Crippen LogP contribution in [0.2, 0.25) is 0 Å². The zero-order chi connectivity index (χ0) is 34.4. The molecule has 14 heteroatoms. The summed E-state index contributed by atoms with van der Waals surface area (Å²) in [6.07, 6.45) is -13.1. The van der Waals surface area contributed by atoms with Gasteiger partial charge in [0.1, 0.15) is 42.2 Å². The van der Waals surface area contributed by atoms with Crippen LogP contribution in [0.5, 0.6) is 0 Å². The van der Waals surface area contributed by atoms with Crippen LogP contribution in [0.3, 0.4) is 0 Å². The second-order valence-corrected chi connectivity index (χ2v) is 13.1. The molecule has 0 aliphatic carbocycles. The van der Waals surface area contributed by atoms with E-state index in [0.29, 0.717) is 0 Å². The molecule has 0 amide bonds. The Morgan fingerprint density at radius 2 is 1.17 bits per heavy atom. The molecule has 2 aromatic carbocycles. The first-order valence-corrected chi connectivity index (χ1v) is 15.7. The van der Waals surface area contributed by atoms with Crippen molar-refractivity contribution in [1.29, 1.82) is 0 Å². The number of methoxy groups -OCH3 is 2. The lowest BCUT2D eigenvalue weighted by Crippen LogP contribution is -2.65. The summed E-state index contributed by atoms with van der Waals surface area (Å²) >= 11 is 0. The van der Waals surface area contributed by atoms with Gasteiger partial charge in [0, 0.05) is 14.2 Å². The molecule has 0 saturated carbocycles. The summed E-state index contributed by atoms with van der Waals surface area (Å²) in [6, 6.07) is 16.7. The van der Waals surface area contributed by atoms with Crippen LogP contribution in [0.15, 0.2) is 60.7 Å². The van der Waals surface area contributed by atoms with Crippen molar-refractivity contribution >= 4 is 11.9 Å². The number of hydrogen-bond acceptors (Lipinski definition) is 14. The molecule has 4 heterocycles. The summed E-state index contributed by atoms with van der Waals surface area (Å²) in [4.78, 5) is 26.5. The summed E-state index contributed by atoms with van der Waals surface area (Å²) in [7, 11) is 2.68. The van der Waals surface area contributed by atoms with Crippen LogP contribution >= 0.6 is 0 Å². The minimum Gasteiger partial charge on any atom is -0.450 e. The third-order valence-corrected chi connectivity index (χ3v) is 8.84. The molecule has 0 radical (unpaired) electrons. The normalized spacial score (nSPS) is 38.6. The van der Waals surface area contributed by atoms with E-state index in [1.54, 1.807) is 88.4 Å². The van der Waals surface area contributed by atoms with Crippen molar-refractivity contribution in [2.24, 2.45) is 0 Å². The van der Waals surface area contributed by atoms with Gasteiger partial charge in [-0.25, -0.2) is 9.59 Å². The fourth-order valence-corrected chi connectivity index (χ4v) is 6.75. The molecule has 4 aliphatic rings. The first-order chi connectivity index (χ1) is 22.8. The average Bonchev–Trinajstić information content (AvgIpc) is 3.52. The standard InChI is InChI=1S/C34H42O14/c1-32(2)45-21-20(35)26(44-31(40-6)24(22(21)46-32)42-28(36)18-13-9-7-10-14-18)34(38)17-41-30(39-5)25(23-27(34)48-33(3,4)47-23)43-29(37)19-15-11-8-12-16-19/h7-16,20-27,30-31,35,38H,17H2,1-6H3/t20-,21-,22+,23-,24-,25-,26+,27+,30-,31-,34-/m1/s1. The number of carbonyl (C=O) groups is 2. The predicted octanol–water partition coefficient (Wildman–Crippen LogP) is 1.94. The van der Waals surface area contributed by atoms with Gasteiger partial charge in [0.05, 0.1) is 17.7 Å². The molecule has 6 rings (SSSR count). The molecule has 0 spiro atoms. The van der Waals surface area contributed by atoms with Gasteiger partial charge in [-0.3, -0.25) is 0 Å². The Balaban J connectivity index is 1.37. The highest BCUT2D eigenvalue weighted by atomic mass is 16.8. The number of benzene rings is 2. The second kappa shape index (κ2) is 13.4. The van der Waals surface area contributed by atoms with Crippen molar-refractivity contribution in [2.75, 3.05) is 20.8 Å². The summed E-state index contributed by atoms with van der Waals surface area (Å²) in [5, 5.41) is 24.7. The predicted molar refractivity (Wildman–Crippen MR) is 162 cm³/mol. The highest BCUT2D eigenvalue weighted by Crippen LogP contribution is 2.46. The van der Waals surface area contributed by atoms with Gasteiger partial charge in [-0.1, -0.05) is 36.4 Å². The highest BCUT2D eigenvalue weighted by Gasteiger charge is 2.67. The van der Waals surface area contributed by atoms with Crippen LogP contribution in [0, 0.1) is 0 Å². The summed E-state index contributed by atoms with van der Waals surface area (Å²) in [5.41, 5.74) is -1.68. The monoisotopic (exact) mass is 674 g/mol. The molecule has 0 unspecified atom stereocenters. The van der Waals surface area contributed by atoms with Gasteiger partial charge in [0.2, 0.25) is 0 Å². The lowest BCUT2D eigenvalue weighted by Gasteiger charge is -2.42. The van der Waals surface area contributed by atoms with Crippen LogP contribution in [-0.4, -0.2) is 122 Å². The molecule has 4 saturated heterocycles. The zero-order valence-electron chi connectivity index (χ0n) is 27.5. The smallest absolute Gasteiger partial charge is 0.338 e. The van der Waals surface area contributed by atoms with E-state index >= 15 is 0 Å². The van der Waals surface area contributed by atoms with E-state index in [4.69, 9.17) is 47.4 Å². The van der Waals surface area contributed by atoms with Gasteiger partial charge in [-0.2, -0.15) is 0 Å². The number of aliphatic hydroxyl groups is 2. The second-order valence-electron chi connectivity index (χ2n) is 13.1. The van der Waals surface area contributed by atoms with Gasteiger partial charge in [-0.05, 0) is 52.0 Å². The maximum atomic E-state index is 13.3. The minimum absolute atomic E-state index is 0.266. The fourth-order valence-electron chi connectivity index (χ4n) is 6.75. The van der Waals surface area contributed by atoms with E-state index in [1.165, 1.54) is 14.2 Å². The third kappa shape index (κ3) is 6.62. The van der Waals surface area contributed by atoms with Crippen molar-refractivity contribution in [1.82, 2.24) is 0 Å². The molecule has 0 bridgehead atoms. The number of ether oxygens (including phenoxy) is 10.